The number of nitrogens with zero attached hydrogens (tertiary/aromatic N) is 1. The van der Waals surface area contributed by atoms with Gasteiger partial charge in [0.1, 0.15) is 5.82 Å². The zero-order chi connectivity index (χ0) is 17.0. The lowest BCUT2D eigenvalue weighted by molar-refractivity contribution is -0.130. The maximum atomic E-state index is 13.7. The van der Waals surface area contributed by atoms with Crippen LogP contribution < -0.4 is 11.1 Å². The number of thiazole rings is 1. The van der Waals surface area contributed by atoms with Crippen molar-refractivity contribution in [2.45, 2.75) is 19.3 Å². The number of benzene rings is 1. The van der Waals surface area contributed by atoms with Crippen molar-refractivity contribution in [3.8, 4) is 0 Å². The van der Waals surface area contributed by atoms with Gasteiger partial charge in [0.2, 0.25) is 5.91 Å². The molecule has 128 valence electrons. The molecule has 24 heavy (non-hydrogen) atoms. The van der Waals surface area contributed by atoms with Crippen LogP contribution >= 0.6 is 11.3 Å². The summed E-state index contributed by atoms with van der Waals surface area (Å²) in [6, 6.07) is 6.66. The molecule has 2 aromatic rings. The summed E-state index contributed by atoms with van der Waals surface area (Å²) >= 11 is 1.36. The highest BCUT2D eigenvalue weighted by molar-refractivity contribution is 7.15. The molecule has 5 nitrogen and oxygen atoms in total. The molecular weight excluding hydrogens is 329 g/mol. The average molecular weight is 349 g/mol. The van der Waals surface area contributed by atoms with Gasteiger partial charge < -0.3 is 15.8 Å². The van der Waals surface area contributed by atoms with Crippen LogP contribution in [0.4, 0.5) is 9.52 Å². The Bertz CT molecular complexity index is 713. The van der Waals surface area contributed by atoms with Crippen molar-refractivity contribution in [3.63, 3.8) is 0 Å². The second kappa shape index (κ2) is 7.38. The van der Waals surface area contributed by atoms with Gasteiger partial charge in [0, 0.05) is 37.3 Å². The zero-order valence-corrected chi connectivity index (χ0v) is 14.1. The first-order chi connectivity index (χ1) is 11.6. The van der Waals surface area contributed by atoms with Crippen LogP contribution in [-0.2, 0) is 16.0 Å². The van der Waals surface area contributed by atoms with Crippen LogP contribution in [0.15, 0.2) is 30.5 Å². The zero-order valence-electron chi connectivity index (χ0n) is 13.3. The number of hydrogen-bond donors (Lipinski definition) is 2. The molecule has 1 aromatic carbocycles. The Morgan fingerprint density at radius 3 is 2.83 bits per heavy atom. The van der Waals surface area contributed by atoms with Crippen molar-refractivity contribution in [1.29, 1.82) is 0 Å². The molecule has 0 unspecified atom stereocenters. The summed E-state index contributed by atoms with van der Waals surface area (Å²) < 4.78 is 19.0. The Labute approximate surface area is 144 Å². The molecule has 2 heterocycles. The number of amides is 1. The number of nitrogens with two attached hydrogens (primary N) is 1. The van der Waals surface area contributed by atoms with E-state index in [4.69, 9.17) is 10.5 Å². The predicted molar refractivity (Wildman–Crippen MR) is 91.5 cm³/mol. The summed E-state index contributed by atoms with van der Waals surface area (Å²) in [5.74, 6) is -0.346. The van der Waals surface area contributed by atoms with Crippen molar-refractivity contribution >= 4 is 22.4 Å². The van der Waals surface area contributed by atoms with E-state index in [1.165, 1.54) is 17.4 Å². The van der Waals surface area contributed by atoms with E-state index in [-0.39, 0.29) is 18.3 Å². The molecule has 1 aromatic heterocycles. The van der Waals surface area contributed by atoms with Crippen LogP contribution in [0.2, 0.25) is 0 Å². The highest BCUT2D eigenvalue weighted by Crippen LogP contribution is 2.32. The van der Waals surface area contributed by atoms with Crippen LogP contribution in [-0.4, -0.2) is 30.6 Å². The molecule has 3 N–H and O–H groups in total. The standard InChI is InChI=1S/C17H20FN3O2S/c18-14-4-2-1-3-12(14)9-13-10-20-16(24-13)21-15(22)17(11-19)5-7-23-8-6-17/h1-4,10H,5-9,11,19H2,(H,20,21,22). The number of halogens is 1. The van der Waals surface area contributed by atoms with Crippen LogP contribution in [0.3, 0.4) is 0 Å². The number of aromatic nitrogens is 1. The normalized spacial score (nSPS) is 16.8. The minimum absolute atomic E-state index is 0.111. The summed E-state index contributed by atoms with van der Waals surface area (Å²) in [4.78, 5) is 17.7. The molecule has 0 aliphatic carbocycles. The molecule has 7 heteroatoms. The molecule has 0 bridgehead atoms. The molecule has 1 aliphatic heterocycles. The summed E-state index contributed by atoms with van der Waals surface area (Å²) in [6.45, 7) is 1.37. The van der Waals surface area contributed by atoms with Gasteiger partial charge in [0.15, 0.2) is 5.13 Å². The van der Waals surface area contributed by atoms with Crippen molar-refractivity contribution in [3.05, 3.63) is 46.7 Å². The number of rotatable bonds is 5. The number of carbonyl (C=O) groups is 1. The smallest absolute Gasteiger partial charge is 0.233 e. The van der Waals surface area contributed by atoms with Gasteiger partial charge in [-0.25, -0.2) is 9.37 Å². The Hall–Kier alpha value is -1.83. The van der Waals surface area contributed by atoms with Crippen molar-refractivity contribution in [2.75, 3.05) is 25.1 Å². The van der Waals surface area contributed by atoms with E-state index in [2.05, 4.69) is 10.3 Å². The van der Waals surface area contributed by atoms with E-state index >= 15 is 0 Å². The van der Waals surface area contributed by atoms with Gasteiger partial charge in [-0.05, 0) is 24.5 Å². The summed E-state index contributed by atoms with van der Waals surface area (Å²) in [5, 5.41) is 3.38. The third-order valence-electron chi connectivity index (χ3n) is 4.42. The third-order valence-corrected chi connectivity index (χ3v) is 5.33. The maximum absolute atomic E-state index is 13.7. The van der Waals surface area contributed by atoms with Crippen LogP contribution in [0, 0.1) is 11.2 Å². The Kier molecular flexibility index (Phi) is 5.23. The van der Waals surface area contributed by atoms with Crippen molar-refractivity contribution < 1.29 is 13.9 Å². The van der Waals surface area contributed by atoms with E-state index in [0.29, 0.717) is 43.2 Å². The summed E-state index contributed by atoms with van der Waals surface area (Å²) in [7, 11) is 0. The highest BCUT2D eigenvalue weighted by Gasteiger charge is 2.39. The fourth-order valence-corrected chi connectivity index (χ4v) is 3.62. The third kappa shape index (κ3) is 3.63. The van der Waals surface area contributed by atoms with Crippen molar-refractivity contribution in [1.82, 2.24) is 4.98 Å². The largest absolute Gasteiger partial charge is 0.381 e. The molecule has 1 saturated heterocycles. The lowest BCUT2D eigenvalue weighted by Crippen LogP contribution is -2.46. The molecular formula is C17H20FN3O2S. The molecule has 0 spiro atoms. The topological polar surface area (TPSA) is 77.2 Å². The fraction of sp³-hybridized carbons (Fsp3) is 0.412. The quantitative estimate of drug-likeness (QED) is 0.870. The fourth-order valence-electron chi connectivity index (χ4n) is 2.79. The van der Waals surface area contributed by atoms with Gasteiger partial charge >= 0.3 is 0 Å². The molecule has 0 saturated carbocycles. The summed E-state index contributed by atoms with van der Waals surface area (Å²) in [5.41, 5.74) is 5.87. The average Bonchev–Trinajstić information content (AvgIpc) is 3.04. The van der Waals surface area contributed by atoms with Gasteiger partial charge in [-0.15, -0.1) is 11.3 Å². The molecule has 0 atom stereocenters. The molecule has 0 radical (unpaired) electrons. The highest BCUT2D eigenvalue weighted by atomic mass is 32.1. The van der Waals surface area contributed by atoms with Gasteiger partial charge in [-0.3, -0.25) is 4.79 Å². The van der Waals surface area contributed by atoms with Gasteiger partial charge in [0.25, 0.3) is 0 Å². The Balaban J connectivity index is 1.67. The van der Waals surface area contributed by atoms with Crippen LogP contribution in [0.5, 0.6) is 0 Å². The number of ether oxygens (including phenoxy) is 1. The number of hydrogen-bond acceptors (Lipinski definition) is 5. The van der Waals surface area contributed by atoms with Gasteiger partial charge in [-0.2, -0.15) is 0 Å². The van der Waals surface area contributed by atoms with Gasteiger partial charge in [-0.1, -0.05) is 18.2 Å². The van der Waals surface area contributed by atoms with E-state index in [0.717, 1.165) is 4.88 Å². The van der Waals surface area contributed by atoms with E-state index in [9.17, 15) is 9.18 Å². The minimum Gasteiger partial charge on any atom is -0.381 e. The number of nitrogens with one attached hydrogen (secondary N) is 1. The van der Waals surface area contributed by atoms with Crippen molar-refractivity contribution in [2.24, 2.45) is 11.1 Å². The number of carbonyl (C=O) groups excluding carboxylic acids is 1. The molecule has 3 rings (SSSR count). The lowest BCUT2D eigenvalue weighted by Gasteiger charge is -2.34. The number of anilines is 1. The molecule has 1 aliphatic rings. The van der Waals surface area contributed by atoms with Crippen LogP contribution in [0.1, 0.15) is 23.3 Å². The Morgan fingerprint density at radius 2 is 2.12 bits per heavy atom. The predicted octanol–water partition coefficient (Wildman–Crippen LogP) is 2.57. The minimum atomic E-state index is -0.588. The second-order valence-electron chi connectivity index (χ2n) is 5.95. The van der Waals surface area contributed by atoms with E-state index in [1.807, 2.05) is 0 Å². The summed E-state index contributed by atoms with van der Waals surface area (Å²) in [6.07, 6.45) is 3.35. The SMILES string of the molecule is NCC1(C(=O)Nc2ncc(Cc3ccccc3F)s2)CCOCC1. The second-order valence-corrected chi connectivity index (χ2v) is 7.07. The first kappa shape index (κ1) is 17.0. The van der Waals surface area contributed by atoms with E-state index in [1.54, 1.807) is 24.4 Å². The lowest BCUT2D eigenvalue weighted by atomic mass is 9.79. The Morgan fingerprint density at radius 1 is 1.38 bits per heavy atom. The maximum Gasteiger partial charge on any atom is 0.233 e. The van der Waals surface area contributed by atoms with Crippen LogP contribution in [0.25, 0.3) is 0 Å². The van der Waals surface area contributed by atoms with E-state index < -0.39 is 5.41 Å². The monoisotopic (exact) mass is 349 g/mol. The first-order valence-corrected chi connectivity index (χ1v) is 8.72. The van der Waals surface area contributed by atoms with Gasteiger partial charge in [0.05, 0.1) is 5.41 Å². The first-order valence-electron chi connectivity index (χ1n) is 7.90. The molecule has 1 amide bonds. The molecule has 1 fully saturated rings.